The molecule has 0 unspecified atom stereocenters. The number of anilines is 1. The zero-order valence-corrected chi connectivity index (χ0v) is 28.0. The molecule has 0 aliphatic heterocycles. The molecule has 0 saturated heterocycles. The maximum Gasteiger partial charge on any atom is 0.243 e. The highest BCUT2D eigenvalue weighted by Crippen LogP contribution is 2.31. The van der Waals surface area contributed by atoms with Crippen molar-refractivity contribution in [2.45, 2.75) is 58.2 Å². The Morgan fingerprint density at radius 3 is 2.16 bits per heavy atom. The van der Waals surface area contributed by atoms with Gasteiger partial charge in [0, 0.05) is 52.6 Å². The molecule has 3 aromatic rings. The van der Waals surface area contributed by atoms with Crippen LogP contribution in [-0.2, 0) is 32.6 Å². The average Bonchev–Trinajstić information content (AvgIpc) is 2.95. The lowest BCUT2D eigenvalue weighted by Gasteiger charge is -2.33. The highest BCUT2D eigenvalue weighted by atomic mass is 35.5. The third-order valence-corrected chi connectivity index (χ3v) is 9.43. The summed E-state index contributed by atoms with van der Waals surface area (Å²) >= 11 is 25.4. The predicted molar refractivity (Wildman–Crippen MR) is 177 cm³/mol. The van der Waals surface area contributed by atoms with Gasteiger partial charge in [-0.15, -0.1) is 0 Å². The molecule has 1 N–H and O–H groups in total. The molecule has 7 nitrogen and oxygen atoms in total. The quantitative estimate of drug-likeness (QED) is 0.192. The zero-order valence-electron chi connectivity index (χ0n) is 24.2. The third-order valence-electron chi connectivity index (χ3n) is 6.99. The molecular weight excluding hydrogens is 652 g/mol. The number of rotatable bonds is 14. The lowest BCUT2D eigenvalue weighted by Crippen LogP contribution is -2.52. The molecule has 3 rings (SSSR count). The van der Waals surface area contributed by atoms with Gasteiger partial charge in [0.15, 0.2) is 0 Å². The van der Waals surface area contributed by atoms with E-state index in [2.05, 4.69) is 5.32 Å². The van der Waals surface area contributed by atoms with Gasteiger partial charge in [0.2, 0.25) is 21.8 Å². The first kappa shape index (κ1) is 35.0. The van der Waals surface area contributed by atoms with E-state index in [1.807, 2.05) is 44.2 Å². The minimum absolute atomic E-state index is 0.0152. The Bertz CT molecular complexity index is 1500. The summed E-state index contributed by atoms with van der Waals surface area (Å²) in [7, 11) is -3.76. The summed E-state index contributed by atoms with van der Waals surface area (Å²) < 4.78 is 26.5. The molecule has 43 heavy (non-hydrogen) atoms. The lowest BCUT2D eigenvalue weighted by atomic mass is 10.0. The van der Waals surface area contributed by atoms with Crippen molar-refractivity contribution in [3.63, 3.8) is 0 Å². The van der Waals surface area contributed by atoms with Crippen molar-refractivity contribution >= 4 is 73.9 Å². The largest absolute Gasteiger partial charge is 0.352 e. The summed E-state index contributed by atoms with van der Waals surface area (Å²) in [6, 6.07) is 18.0. The van der Waals surface area contributed by atoms with Gasteiger partial charge in [-0.25, -0.2) is 8.42 Å². The van der Waals surface area contributed by atoms with E-state index in [4.69, 9.17) is 46.4 Å². The van der Waals surface area contributed by atoms with Crippen LogP contribution >= 0.6 is 46.4 Å². The fraction of sp³-hybridized carbons (Fsp3) is 0.355. The number of nitrogens with one attached hydrogen (secondary N) is 1. The summed E-state index contributed by atoms with van der Waals surface area (Å²) in [5.41, 5.74) is 1.60. The summed E-state index contributed by atoms with van der Waals surface area (Å²) in [6.07, 6.45) is 2.11. The van der Waals surface area contributed by atoms with E-state index in [1.165, 1.54) is 17.0 Å². The fourth-order valence-corrected chi connectivity index (χ4v) is 6.43. The highest BCUT2D eigenvalue weighted by Gasteiger charge is 2.32. The third kappa shape index (κ3) is 10.0. The molecule has 0 aliphatic carbocycles. The highest BCUT2D eigenvalue weighted by molar-refractivity contribution is 7.92. The van der Waals surface area contributed by atoms with Crippen LogP contribution in [0.15, 0.2) is 66.7 Å². The number of nitrogens with zero attached hydrogens (tertiary/aromatic N) is 2. The summed E-state index contributed by atoms with van der Waals surface area (Å²) in [4.78, 5) is 29.2. The van der Waals surface area contributed by atoms with E-state index < -0.39 is 16.1 Å². The van der Waals surface area contributed by atoms with Crippen LogP contribution in [0.25, 0.3) is 0 Å². The Morgan fingerprint density at radius 1 is 0.907 bits per heavy atom. The van der Waals surface area contributed by atoms with Gasteiger partial charge in [-0.2, -0.15) is 0 Å². The Kier molecular flexibility index (Phi) is 13.0. The van der Waals surface area contributed by atoms with Gasteiger partial charge in [0.25, 0.3) is 0 Å². The van der Waals surface area contributed by atoms with Gasteiger partial charge in [0.05, 0.1) is 17.0 Å². The van der Waals surface area contributed by atoms with Gasteiger partial charge < -0.3 is 10.2 Å². The van der Waals surface area contributed by atoms with E-state index in [9.17, 15) is 18.0 Å². The molecule has 3 aromatic carbocycles. The first-order valence-electron chi connectivity index (χ1n) is 13.8. The van der Waals surface area contributed by atoms with E-state index in [0.717, 1.165) is 16.1 Å². The van der Waals surface area contributed by atoms with Crippen LogP contribution in [0.1, 0.15) is 44.2 Å². The minimum atomic E-state index is -3.76. The van der Waals surface area contributed by atoms with E-state index in [1.54, 1.807) is 24.3 Å². The average molecular weight is 688 g/mol. The van der Waals surface area contributed by atoms with Crippen LogP contribution in [-0.4, -0.2) is 50.0 Å². The maximum absolute atomic E-state index is 14.0. The molecular formula is C31H35Cl4N3O4S. The van der Waals surface area contributed by atoms with Crippen molar-refractivity contribution in [1.29, 1.82) is 0 Å². The minimum Gasteiger partial charge on any atom is -0.352 e. The topological polar surface area (TPSA) is 86.8 Å². The Morgan fingerprint density at radius 2 is 1.56 bits per heavy atom. The molecule has 0 saturated carbocycles. The summed E-state index contributed by atoms with van der Waals surface area (Å²) in [5, 5.41) is 4.28. The van der Waals surface area contributed by atoms with Gasteiger partial charge in [-0.05, 0) is 55.7 Å². The second kappa shape index (κ2) is 16.0. The molecule has 0 aliphatic rings. The van der Waals surface area contributed by atoms with Crippen molar-refractivity contribution in [1.82, 2.24) is 10.2 Å². The standard InChI is InChI=1S/C31H35Cl4N3O4S/c1-4-21(2)36-31(40)29(18-22-10-6-5-7-11-22)37(20-24-25(33)12-8-13-26(24)34)30(39)14-9-17-38(43(3,41)42)28-19-23(32)15-16-27(28)35/h5-8,10-13,15-16,19,21,29H,4,9,14,17-18,20H2,1-3H3,(H,36,40)/t21-,29-/m1/s1. The van der Waals surface area contributed by atoms with Gasteiger partial charge >= 0.3 is 0 Å². The predicted octanol–water partition coefficient (Wildman–Crippen LogP) is 7.40. The summed E-state index contributed by atoms with van der Waals surface area (Å²) in [5.74, 6) is -0.667. The normalized spacial score (nSPS) is 12.8. The molecule has 0 heterocycles. The number of hydrogen-bond acceptors (Lipinski definition) is 4. The molecule has 232 valence electrons. The van der Waals surface area contributed by atoms with E-state index >= 15 is 0 Å². The van der Waals surface area contributed by atoms with Crippen LogP contribution in [0.4, 0.5) is 5.69 Å². The number of carbonyl (C=O) groups is 2. The van der Waals surface area contributed by atoms with Crippen LogP contribution in [0, 0.1) is 0 Å². The Hall–Kier alpha value is -2.49. The molecule has 0 radical (unpaired) electrons. The molecule has 2 amide bonds. The van der Waals surface area contributed by atoms with Crippen molar-refractivity contribution in [3.8, 4) is 0 Å². The molecule has 2 atom stereocenters. The SMILES string of the molecule is CC[C@@H](C)NC(=O)[C@@H](Cc1ccccc1)N(Cc1c(Cl)cccc1Cl)C(=O)CCCN(c1cc(Cl)ccc1Cl)S(C)(=O)=O. The molecule has 0 fully saturated rings. The second-order valence-corrected chi connectivity index (χ2v) is 13.8. The number of sulfonamides is 1. The maximum atomic E-state index is 14.0. The van der Waals surface area contributed by atoms with Crippen molar-refractivity contribution in [2.75, 3.05) is 17.1 Å². The van der Waals surface area contributed by atoms with Crippen molar-refractivity contribution in [2.24, 2.45) is 0 Å². The first-order valence-corrected chi connectivity index (χ1v) is 17.2. The summed E-state index contributed by atoms with van der Waals surface area (Å²) in [6.45, 7) is 3.81. The van der Waals surface area contributed by atoms with E-state index in [-0.39, 0.29) is 60.9 Å². The first-order chi connectivity index (χ1) is 20.3. The number of amides is 2. The second-order valence-electron chi connectivity index (χ2n) is 10.3. The molecule has 12 heteroatoms. The smallest absolute Gasteiger partial charge is 0.243 e. The molecule has 0 spiro atoms. The van der Waals surface area contributed by atoms with Crippen molar-refractivity contribution < 1.29 is 18.0 Å². The Labute approximate surface area is 274 Å². The van der Waals surface area contributed by atoms with Crippen molar-refractivity contribution in [3.05, 3.63) is 97.9 Å². The monoisotopic (exact) mass is 685 g/mol. The van der Waals surface area contributed by atoms with Crippen LogP contribution in [0.2, 0.25) is 20.1 Å². The van der Waals surface area contributed by atoms with Gasteiger partial charge in [-0.3, -0.25) is 13.9 Å². The molecule has 0 bridgehead atoms. The fourth-order valence-electron chi connectivity index (χ4n) is 4.51. The lowest BCUT2D eigenvalue weighted by molar-refractivity contribution is -0.141. The Balaban J connectivity index is 1.95. The van der Waals surface area contributed by atoms with Crippen LogP contribution in [0.5, 0.6) is 0 Å². The van der Waals surface area contributed by atoms with E-state index in [0.29, 0.717) is 27.1 Å². The number of carbonyl (C=O) groups excluding carboxylic acids is 2. The number of hydrogen-bond donors (Lipinski definition) is 1. The van der Waals surface area contributed by atoms with Gasteiger partial charge in [-0.1, -0.05) is 89.7 Å². The zero-order chi connectivity index (χ0) is 31.7. The number of halogens is 4. The number of benzene rings is 3. The van der Waals surface area contributed by atoms with Gasteiger partial charge in [0.1, 0.15) is 6.04 Å². The van der Waals surface area contributed by atoms with Crippen LogP contribution in [0.3, 0.4) is 0 Å². The molecule has 0 aromatic heterocycles. The van der Waals surface area contributed by atoms with Crippen LogP contribution < -0.4 is 9.62 Å².